The maximum atomic E-state index is 10.4. The number of pyridine rings is 1. The molecule has 3 heterocycles. The first-order chi connectivity index (χ1) is 14.5. The third-order valence-electron chi connectivity index (χ3n) is 5.01. The maximum absolute atomic E-state index is 10.4. The van der Waals surface area contributed by atoms with Crippen molar-refractivity contribution in [2.24, 2.45) is 0 Å². The van der Waals surface area contributed by atoms with Crippen molar-refractivity contribution in [2.75, 3.05) is 6.61 Å². The number of hydrogen-bond acceptors (Lipinski definition) is 9. The standard InChI is InChI=1S/C20H20ClN3O5S/c21-13-4-3-10(19-18(28)17(27)16(26)14(9-25)29-19)6-12(13)7-15-23-24-20(30-15)11-2-1-5-22-8-11/h1-6,8,14,16-19,25-28H,7,9H2/t14-,16-,17+,18-,19?/m1/s1. The van der Waals surface area contributed by atoms with Crippen LogP contribution in [0.4, 0.5) is 0 Å². The molecule has 158 valence electrons. The van der Waals surface area contributed by atoms with E-state index in [1.54, 1.807) is 30.6 Å². The van der Waals surface area contributed by atoms with Crippen molar-refractivity contribution in [3.05, 3.63) is 63.9 Å². The van der Waals surface area contributed by atoms with Gasteiger partial charge in [-0.15, -0.1) is 10.2 Å². The lowest BCUT2D eigenvalue weighted by Gasteiger charge is -2.40. The summed E-state index contributed by atoms with van der Waals surface area (Å²) in [4.78, 5) is 4.09. The molecule has 2 aromatic heterocycles. The average Bonchev–Trinajstić information content (AvgIpc) is 3.23. The highest BCUT2D eigenvalue weighted by atomic mass is 35.5. The summed E-state index contributed by atoms with van der Waals surface area (Å²) >= 11 is 7.80. The van der Waals surface area contributed by atoms with E-state index in [2.05, 4.69) is 15.2 Å². The molecule has 4 N–H and O–H groups in total. The van der Waals surface area contributed by atoms with Crippen LogP contribution in [-0.4, -0.2) is 66.6 Å². The molecule has 3 aromatic rings. The fraction of sp³-hybridized carbons (Fsp3) is 0.350. The van der Waals surface area contributed by atoms with Crippen molar-refractivity contribution in [3.63, 3.8) is 0 Å². The van der Waals surface area contributed by atoms with E-state index in [-0.39, 0.29) is 0 Å². The Morgan fingerprint density at radius 2 is 1.90 bits per heavy atom. The lowest BCUT2D eigenvalue weighted by molar-refractivity contribution is -0.231. The molecule has 0 spiro atoms. The van der Waals surface area contributed by atoms with Gasteiger partial charge in [-0.3, -0.25) is 4.98 Å². The quantitative estimate of drug-likeness (QED) is 0.459. The molecular weight excluding hydrogens is 430 g/mol. The van der Waals surface area contributed by atoms with Crippen LogP contribution in [0.5, 0.6) is 0 Å². The minimum Gasteiger partial charge on any atom is -0.394 e. The largest absolute Gasteiger partial charge is 0.394 e. The molecule has 1 aliphatic heterocycles. The summed E-state index contributed by atoms with van der Waals surface area (Å²) in [5.41, 5.74) is 2.20. The molecule has 4 rings (SSSR count). The number of halogens is 1. The highest BCUT2D eigenvalue weighted by Crippen LogP contribution is 2.35. The highest BCUT2D eigenvalue weighted by Gasteiger charge is 2.44. The fourth-order valence-corrected chi connectivity index (χ4v) is 4.42. The first kappa shape index (κ1) is 21.3. The maximum Gasteiger partial charge on any atom is 0.149 e. The number of hydrogen-bond donors (Lipinski definition) is 4. The number of aromatic nitrogens is 3. The number of rotatable bonds is 5. The van der Waals surface area contributed by atoms with Crippen molar-refractivity contribution in [3.8, 4) is 10.6 Å². The van der Waals surface area contributed by atoms with E-state index in [0.29, 0.717) is 17.0 Å². The molecule has 30 heavy (non-hydrogen) atoms. The Hall–Kier alpha value is -1.98. The van der Waals surface area contributed by atoms with Gasteiger partial charge in [0.2, 0.25) is 0 Å². The summed E-state index contributed by atoms with van der Waals surface area (Å²) in [6.45, 7) is -0.482. The molecule has 0 saturated carbocycles. The zero-order chi connectivity index (χ0) is 21.3. The molecule has 1 fully saturated rings. The number of nitrogens with zero attached hydrogens (tertiary/aromatic N) is 3. The molecule has 1 saturated heterocycles. The number of benzene rings is 1. The zero-order valence-corrected chi connectivity index (χ0v) is 17.2. The molecule has 1 aromatic carbocycles. The van der Waals surface area contributed by atoms with Crippen LogP contribution in [-0.2, 0) is 11.2 Å². The molecule has 1 unspecified atom stereocenters. The summed E-state index contributed by atoms with van der Waals surface area (Å²) in [7, 11) is 0. The predicted molar refractivity (Wildman–Crippen MR) is 110 cm³/mol. The first-order valence-corrected chi connectivity index (χ1v) is 10.5. The molecule has 0 aliphatic carbocycles. The smallest absolute Gasteiger partial charge is 0.149 e. The summed E-state index contributed by atoms with van der Waals surface area (Å²) < 4.78 is 5.64. The summed E-state index contributed by atoms with van der Waals surface area (Å²) in [5, 5.41) is 50.3. The van der Waals surface area contributed by atoms with Gasteiger partial charge in [0.05, 0.1) is 6.61 Å². The Morgan fingerprint density at radius 3 is 2.63 bits per heavy atom. The molecule has 8 nitrogen and oxygen atoms in total. The van der Waals surface area contributed by atoms with Crippen LogP contribution in [0.3, 0.4) is 0 Å². The van der Waals surface area contributed by atoms with Crippen LogP contribution in [0.15, 0.2) is 42.7 Å². The average molecular weight is 450 g/mol. The van der Waals surface area contributed by atoms with Crippen LogP contribution in [0.25, 0.3) is 10.6 Å². The van der Waals surface area contributed by atoms with Crippen LogP contribution in [0.1, 0.15) is 22.2 Å². The molecule has 0 amide bonds. The predicted octanol–water partition coefficient (Wildman–Crippen LogP) is 1.36. The second-order valence-corrected chi connectivity index (χ2v) is 8.49. The Bertz CT molecular complexity index is 1000. The third kappa shape index (κ3) is 4.23. The normalized spacial score (nSPS) is 26.6. The summed E-state index contributed by atoms with van der Waals surface area (Å²) in [5.74, 6) is 0. The van der Waals surface area contributed by atoms with Gasteiger partial charge in [0.1, 0.15) is 40.5 Å². The lowest BCUT2D eigenvalue weighted by atomic mass is 9.90. The second kappa shape index (κ2) is 9.03. The molecule has 5 atom stereocenters. The highest BCUT2D eigenvalue weighted by molar-refractivity contribution is 7.14. The summed E-state index contributed by atoms with van der Waals surface area (Å²) in [6, 6.07) is 8.86. The summed E-state index contributed by atoms with van der Waals surface area (Å²) in [6.07, 6.45) is -2.26. The zero-order valence-electron chi connectivity index (χ0n) is 15.7. The van der Waals surface area contributed by atoms with Gasteiger partial charge < -0.3 is 25.2 Å². The SMILES string of the molecule is OC[C@H]1OC(c2ccc(Cl)c(Cc3nnc(-c4cccnc4)s3)c2)[C@H](O)[C@@H](O)[C@@H]1O. The third-order valence-corrected chi connectivity index (χ3v) is 6.35. The van der Waals surface area contributed by atoms with Gasteiger partial charge in [-0.1, -0.05) is 35.1 Å². The van der Waals surface area contributed by atoms with Crippen LogP contribution >= 0.6 is 22.9 Å². The van der Waals surface area contributed by atoms with E-state index < -0.39 is 37.1 Å². The van der Waals surface area contributed by atoms with E-state index >= 15 is 0 Å². The van der Waals surface area contributed by atoms with Gasteiger partial charge in [0.15, 0.2) is 0 Å². The molecule has 10 heteroatoms. The van der Waals surface area contributed by atoms with Crippen molar-refractivity contribution in [1.82, 2.24) is 15.2 Å². The number of aliphatic hydroxyl groups is 4. The molecule has 0 radical (unpaired) electrons. The molecule has 0 bridgehead atoms. The topological polar surface area (TPSA) is 129 Å². The van der Waals surface area contributed by atoms with Crippen molar-refractivity contribution in [2.45, 2.75) is 36.9 Å². The van der Waals surface area contributed by atoms with Crippen LogP contribution in [0, 0.1) is 0 Å². The molecule has 1 aliphatic rings. The van der Waals surface area contributed by atoms with Gasteiger partial charge in [0, 0.05) is 29.4 Å². The van der Waals surface area contributed by atoms with Crippen LogP contribution in [0.2, 0.25) is 5.02 Å². The van der Waals surface area contributed by atoms with Crippen LogP contribution < -0.4 is 0 Å². The Labute approximate surface area is 181 Å². The molecular formula is C20H20ClN3O5S. The Morgan fingerprint density at radius 1 is 1.07 bits per heavy atom. The van der Waals surface area contributed by atoms with E-state index in [0.717, 1.165) is 21.1 Å². The number of ether oxygens (including phenoxy) is 1. The van der Waals surface area contributed by atoms with Gasteiger partial charge >= 0.3 is 0 Å². The van der Waals surface area contributed by atoms with Gasteiger partial charge in [-0.05, 0) is 29.3 Å². The Balaban J connectivity index is 1.57. The van der Waals surface area contributed by atoms with Crippen molar-refractivity contribution in [1.29, 1.82) is 0 Å². The van der Waals surface area contributed by atoms with E-state index in [1.165, 1.54) is 11.3 Å². The van der Waals surface area contributed by atoms with E-state index in [9.17, 15) is 20.4 Å². The first-order valence-electron chi connectivity index (χ1n) is 9.29. The number of aliphatic hydroxyl groups excluding tert-OH is 4. The minimum absolute atomic E-state index is 0.419. The van der Waals surface area contributed by atoms with Gasteiger partial charge in [-0.25, -0.2) is 0 Å². The monoisotopic (exact) mass is 449 g/mol. The van der Waals surface area contributed by atoms with Gasteiger partial charge in [-0.2, -0.15) is 0 Å². The Kier molecular flexibility index (Phi) is 6.40. The van der Waals surface area contributed by atoms with Gasteiger partial charge in [0.25, 0.3) is 0 Å². The van der Waals surface area contributed by atoms with E-state index in [4.69, 9.17) is 16.3 Å². The minimum atomic E-state index is -1.44. The van der Waals surface area contributed by atoms with E-state index in [1.807, 2.05) is 12.1 Å². The second-order valence-electron chi connectivity index (χ2n) is 7.02. The van der Waals surface area contributed by atoms with Crippen molar-refractivity contribution < 1.29 is 25.2 Å². The lowest BCUT2D eigenvalue weighted by Crippen LogP contribution is -2.55. The van der Waals surface area contributed by atoms with Crippen molar-refractivity contribution >= 4 is 22.9 Å². The fourth-order valence-electron chi connectivity index (χ4n) is 3.38.